The highest BCUT2D eigenvalue weighted by Gasteiger charge is 2.50. The summed E-state index contributed by atoms with van der Waals surface area (Å²) in [4.78, 5) is 74.9. The summed E-state index contributed by atoms with van der Waals surface area (Å²) in [5, 5.41) is 2.72. The lowest BCUT2D eigenvalue weighted by atomic mass is 9.93. The van der Waals surface area contributed by atoms with Crippen LogP contribution in [0.25, 0.3) is 11.2 Å². The lowest BCUT2D eigenvalue weighted by Crippen LogP contribution is -2.43. The second-order valence-corrected chi connectivity index (χ2v) is 12.1. The number of nitrogens with one attached hydrogen (secondary N) is 3. The Labute approximate surface area is 264 Å². The van der Waals surface area contributed by atoms with Crippen LogP contribution in [0, 0.1) is 5.92 Å². The number of H-pyrrole nitrogens is 2. The van der Waals surface area contributed by atoms with E-state index in [-0.39, 0.29) is 36.7 Å². The number of ether oxygens (including phenoxy) is 5. The molecule has 21 nitrogen and oxygen atoms in total. The van der Waals surface area contributed by atoms with Gasteiger partial charge < -0.3 is 48.7 Å². The fourth-order valence-electron chi connectivity index (χ4n) is 5.79. The maximum absolute atomic E-state index is 13.4. The van der Waals surface area contributed by atoms with E-state index in [4.69, 9.17) is 33.9 Å². The van der Waals surface area contributed by atoms with Crippen molar-refractivity contribution in [2.24, 2.45) is 5.92 Å². The first-order valence-corrected chi connectivity index (χ1v) is 15.6. The zero-order valence-electron chi connectivity index (χ0n) is 25.6. The van der Waals surface area contributed by atoms with Crippen LogP contribution in [0.5, 0.6) is 0 Å². The van der Waals surface area contributed by atoms with E-state index in [1.54, 1.807) is 0 Å². The average molecular weight is 686 g/mol. The lowest BCUT2D eigenvalue weighted by molar-refractivity contribution is -0.231. The Morgan fingerprint density at radius 1 is 1.06 bits per heavy atom. The monoisotopic (exact) mass is 685 g/mol. The van der Waals surface area contributed by atoms with Crippen LogP contribution in [0.15, 0.2) is 33.0 Å². The largest absolute Gasteiger partial charge is 0.756 e. The molecule has 0 saturated carbocycles. The van der Waals surface area contributed by atoms with Gasteiger partial charge in [-0.1, -0.05) is 0 Å². The number of rotatable bonds is 13. The van der Waals surface area contributed by atoms with E-state index in [2.05, 4.69) is 29.8 Å². The molecule has 22 heteroatoms. The summed E-state index contributed by atoms with van der Waals surface area (Å²) < 4.78 is 53.4. The first kappa shape index (κ1) is 34.5. The molecule has 0 radical (unpaired) electrons. The molecule has 0 aromatic carbocycles. The van der Waals surface area contributed by atoms with Crippen LogP contribution in [-0.4, -0.2) is 107 Å². The van der Waals surface area contributed by atoms with Crippen LogP contribution in [0.2, 0.25) is 0 Å². The van der Waals surface area contributed by atoms with Gasteiger partial charge in [0.05, 0.1) is 19.0 Å². The number of hydrogen-bond donors (Lipinski definition) is 4. The van der Waals surface area contributed by atoms with Crippen molar-refractivity contribution in [1.29, 1.82) is 0 Å². The zero-order valence-corrected chi connectivity index (χ0v) is 26.5. The molecule has 0 bridgehead atoms. The Kier molecular flexibility index (Phi) is 10.4. The SMILES string of the molecule is COC[C@H]1O[C@@H](n2ccc(=O)[nH]c2=O)C(OC)C1CC(=O)NC[C@H]1O[C@@H](n2cnc3c(=O)[nH]c(N)nc32)C(OC)C1OP(=O)([O-])OC. The Morgan fingerprint density at radius 2 is 1.77 bits per heavy atom. The molecule has 0 spiro atoms. The van der Waals surface area contributed by atoms with E-state index < -0.39 is 79.4 Å². The number of nitrogens with zero attached hydrogens (tertiary/aromatic N) is 4. The number of nitrogens with two attached hydrogens (primary N) is 1. The Morgan fingerprint density at radius 3 is 2.43 bits per heavy atom. The third-order valence-corrected chi connectivity index (χ3v) is 8.85. The molecule has 3 aromatic heterocycles. The molecule has 3 aromatic rings. The smallest absolute Gasteiger partial charge is 0.330 e. The number of anilines is 1. The van der Waals surface area contributed by atoms with Gasteiger partial charge in [-0.3, -0.25) is 38.1 Å². The number of methoxy groups -OCH3 is 3. The van der Waals surface area contributed by atoms with Crippen molar-refractivity contribution in [3.63, 3.8) is 0 Å². The van der Waals surface area contributed by atoms with Crippen molar-refractivity contribution in [2.45, 2.75) is 49.4 Å². The number of phosphoric ester groups is 1. The molecular formula is C25H34N8O13P-. The number of aromatic amines is 2. The molecule has 5 N–H and O–H groups in total. The van der Waals surface area contributed by atoms with Crippen LogP contribution < -0.4 is 32.8 Å². The van der Waals surface area contributed by atoms with E-state index in [0.717, 1.165) is 17.7 Å². The number of hydrogen-bond acceptors (Lipinski definition) is 16. The highest BCUT2D eigenvalue weighted by molar-refractivity contribution is 7.45. The third kappa shape index (κ3) is 7.08. The summed E-state index contributed by atoms with van der Waals surface area (Å²) in [6, 6.07) is 1.16. The van der Waals surface area contributed by atoms with Gasteiger partial charge >= 0.3 is 5.69 Å². The highest BCUT2D eigenvalue weighted by Crippen LogP contribution is 2.45. The lowest BCUT2D eigenvalue weighted by Gasteiger charge is -2.30. The molecule has 258 valence electrons. The van der Waals surface area contributed by atoms with Crippen molar-refractivity contribution in [2.75, 3.05) is 47.3 Å². The molecule has 1 amide bonds. The number of imidazole rings is 1. The molecule has 47 heavy (non-hydrogen) atoms. The van der Waals surface area contributed by atoms with Gasteiger partial charge in [0.2, 0.25) is 11.9 Å². The van der Waals surface area contributed by atoms with E-state index in [9.17, 15) is 28.6 Å². The number of aromatic nitrogens is 6. The van der Waals surface area contributed by atoms with E-state index in [1.807, 2.05) is 0 Å². The quantitative estimate of drug-likeness (QED) is 0.134. The number of carbonyl (C=O) groups excluding carboxylic acids is 1. The van der Waals surface area contributed by atoms with Gasteiger partial charge in [-0.15, -0.1) is 0 Å². The van der Waals surface area contributed by atoms with Crippen LogP contribution in [0.1, 0.15) is 18.9 Å². The molecule has 5 unspecified atom stereocenters. The van der Waals surface area contributed by atoms with Crippen LogP contribution in [0.3, 0.4) is 0 Å². The third-order valence-electron chi connectivity index (χ3n) is 7.90. The second kappa shape index (κ2) is 14.1. The number of phosphoric acid groups is 1. The number of fused-ring (bicyclic) bond motifs is 1. The molecule has 2 saturated heterocycles. The van der Waals surface area contributed by atoms with E-state index in [1.165, 1.54) is 38.4 Å². The molecule has 9 atom stereocenters. The number of amides is 1. The Bertz CT molecular complexity index is 1810. The average Bonchev–Trinajstić information content (AvgIpc) is 3.69. The Hall–Kier alpha value is -3.79. The van der Waals surface area contributed by atoms with Crippen molar-refractivity contribution in [3.05, 3.63) is 49.8 Å². The van der Waals surface area contributed by atoms with Gasteiger partial charge in [-0.25, -0.2) is 9.78 Å². The van der Waals surface area contributed by atoms with Gasteiger partial charge in [0.25, 0.3) is 18.9 Å². The van der Waals surface area contributed by atoms with E-state index >= 15 is 0 Å². The summed E-state index contributed by atoms with van der Waals surface area (Å²) >= 11 is 0. The van der Waals surface area contributed by atoms with Gasteiger partial charge in [-0.2, -0.15) is 4.98 Å². The molecule has 2 aliphatic heterocycles. The van der Waals surface area contributed by atoms with Crippen molar-refractivity contribution in [1.82, 2.24) is 34.4 Å². The van der Waals surface area contributed by atoms with Gasteiger partial charge in [0.15, 0.2) is 23.6 Å². The number of nitrogen functional groups attached to an aromatic ring is 1. The highest BCUT2D eigenvalue weighted by atomic mass is 31.2. The Balaban J connectivity index is 1.36. The topological polar surface area (TPSA) is 278 Å². The molecular weight excluding hydrogens is 651 g/mol. The van der Waals surface area contributed by atoms with Gasteiger partial charge in [0, 0.05) is 59.6 Å². The summed E-state index contributed by atoms with van der Waals surface area (Å²) in [7, 11) is 0.193. The predicted molar refractivity (Wildman–Crippen MR) is 156 cm³/mol. The van der Waals surface area contributed by atoms with Crippen molar-refractivity contribution in [3.8, 4) is 0 Å². The molecule has 5 rings (SSSR count). The second-order valence-electron chi connectivity index (χ2n) is 10.7. The maximum atomic E-state index is 13.4. The van der Waals surface area contributed by atoms with Gasteiger partial charge in [-0.05, 0) is 0 Å². The standard InChI is InChI=1S/C25H35N8O13P/c1-40-9-13-11(17(41-2)22(45-13)32-6-5-14(34)29-25(32)37)7-15(35)27-8-12-18(46-47(38,39)43-4)19(42-3)23(44-12)33-10-28-16-20(33)30-24(26)31-21(16)36/h5-6,10-13,17-19,22-23H,7-9H2,1-4H3,(H,27,35)(H,38,39)(H,29,34,37)(H3,26,30,31,36)/p-1/t11?,12-,13-,17?,18?,19?,22-,23-/m1/s1. The van der Waals surface area contributed by atoms with Crippen LogP contribution in [0.4, 0.5) is 5.95 Å². The molecule has 5 heterocycles. The van der Waals surface area contributed by atoms with Crippen molar-refractivity contribution < 1.29 is 47.0 Å². The van der Waals surface area contributed by atoms with E-state index in [0.29, 0.717) is 0 Å². The fraction of sp³-hybridized carbons (Fsp3) is 0.600. The summed E-state index contributed by atoms with van der Waals surface area (Å²) in [6.07, 6.45) is -4.88. The van der Waals surface area contributed by atoms with Crippen LogP contribution in [-0.2, 0) is 42.1 Å². The normalized spacial score (nSPS) is 28.9. The molecule has 2 aliphatic rings. The molecule has 2 fully saturated rings. The zero-order chi connectivity index (χ0) is 34.0. The van der Waals surface area contributed by atoms with Crippen LogP contribution >= 0.6 is 7.82 Å². The minimum atomic E-state index is -4.86. The molecule has 0 aliphatic carbocycles. The number of carbonyl (C=O) groups is 1. The summed E-state index contributed by atoms with van der Waals surface area (Å²) in [5.41, 5.74) is 3.77. The fourth-order valence-corrected chi connectivity index (χ4v) is 6.43. The first-order chi connectivity index (χ1) is 22.4. The van der Waals surface area contributed by atoms with Crippen molar-refractivity contribution >= 4 is 30.8 Å². The predicted octanol–water partition coefficient (Wildman–Crippen LogP) is -2.65. The minimum absolute atomic E-state index is 0.0333. The summed E-state index contributed by atoms with van der Waals surface area (Å²) in [6.45, 7) is -0.212. The summed E-state index contributed by atoms with van der Waals surface area (Å²) in [5.74, 6) is -1.33. The maximum Gasteiger partial charge on any atom is 0.330 e. The minimum Gasteiger partial charge on any atom is -0.756 e. The first-order valence-electron chi connectivity index (χ1n) is 14.1. The van der Waals surface area contributed by atoms with Gasteiger partial charge in [0.1, 0.15) is 24.4 Å².